The summed E-state index contributed by atoms with van der Waals surface area (Å²) >= 11 is 2.14. The molecule has 0 fully saturated rings. The second kappa shape index (κ2) is 11.1. The van der Waals surface area contributed by atoms with E-state index in [1.54, 1.807) is 0 Å². The van der Waals surface area contributed by atoms with Gasteiger partial charge < -0.3 is 24.8 Å². The fourth-order valence-corrected chi connectivity index (χ4v) is 1.17. The molecule has 2 rings (SSSR count). The minimum absolute atomic E-state index is 0. The van der Waals surface area contributed by atoms with E-state index in [1.165, 1.54) is 10.3 Å². The van der Waals surface area contributed by atoms with Crippen molar-refractivity contribution >= 4 is 0 Å². The van der Waals surface area contributed by atoms with Gasteiger partial charge >= 0.3 is 49.0 Å². The van der Waals surface area contributed by atoms with E-state index in [0.717, 1.165) is 0 Å². The smallest absolute Gasteiger partial charge is 0.0623 e. The molecule has 0 atom stereocenters. The number of hydrogen-bond acceptors (Lipinski definition) is 0. The van der Waals surface area contributed by atoms with Gasteiger partial charge in [0.05, 0.1) is 0 Å². The molecule has 0 bridgehead atoms. The SMILES string of the molecule is [Cl-].[Cl-].[Ti+2][C]1=CC=CC1.c1ccccc1. The van der Waals surface area contributed by atoms with Crippen molar-refractivity contribution in [2.24, 2.45) is 0 Å². The number of hydrogen-bond donors (Lipinski definition) is 0. The van der Waals surface area contributed by atoms with E-state index in [9.17, 15) is 0 Å². The molecule has 0 aliphatic heterocycles. The predicted octanol–water partition coefficient (Wildman–Crippen LogP) is -2.93. The molecule has 0 saturated heterocycles. The van der Waals surface area contributed by atoms with Crippen LogP contribution < -0.4 is 24.8 Å². The van der Waals surface area contributed by atoms with E-state index in [2.05, 4.69) is 38.7 Å². The number of rotatable bonds is 0. The monoisotopic (exact) mass is 261 g/mol. The Kier molecular flexibility index (Phi) is 13.0. The summed E-state index contributed by atoms with van der Waals surface area (Å²) < 4.78 is 1.47. The van der Waals surface area contributed by atoms with Crippen molar-refractivity contribution < 1.29 is 45.2 Å². The summed E-state index contributed by atoms with van der Waals surface area (Å²) in [6, 6.07) is 12.0. The van der Waals surface area contributed by atoms with E-state index >= 15 is 0 Å². The first-order chi connectivity index (χ1) is 5.89. The molecule has 0 saturated carbocycles. The molecule has 0 heterocycles. The maximum absolute atomic E-state index is 2.16. The zero-order valence-corrected chi connectivity index (χ0v) is 10.7. The van der Waals surface area contributed by atoms with Crippen LogP contribution in [0.25, 0.3) is 0 Å². The maximum Gasteiger partial charge on any atom is -0.0623 e. The van der Waals surface area contributed by atoms with Gasteiger partial charge in [-0.25, -0.2) is 0 Å². The van der Waals surface area contributed by atoms with Gasteiger partial charge in [-0.3, -0.25) is 0 Å². The van der Waals surface area contributed by atoms with Gasteiger partial charge in [0.2, 0.25) is 0 Å². The second-order valence-electron chi connectivity index (χ2n) is 2.48. The third-order valence-electron chi connectivity index (χ3n) is 1.44. The maximum atomic E-state index is 2.16. The molecule has 1 aliphatic rings. The molecule has 73 valence electrons. The first-order valence-electron chi connectivity index (χ1n) is 3.97. The van der Waals surface area contributed by atoms with Crippen LogP contribution in [0.15, 0.2) is 58.5 Å². The quantitative estimate of drug-likeness (QED) is 0.439. The summed E-state index contributed by atoms with van der Waals surface area (Å²) in [5.74, 6) is 0. The Morgan fingerprint density at radius 1 is 0.857 bits per heavy atom. The molecular formula is C11H11Cl2Ti. The van der Waals surface area contributed by atoms with Crippen molar-refractivity contribution in [2.45, 2.75) is 6.42 Å². The van der Waals surface area contributed by atoms with Crippen LogP contribution in [0, 0.1) is 0 Å². The largest absolute Gasteiger partial charge is 0.0623 e. The van der Waals surface area contributed by atoms with Crippen molar-refractivity contribution in [2.75, 3.05) is 0 Å². The molecule has 3 heteroatoms. The van der Waals surface area contributed by atoms with Gasteiger partial charge in [0.25, 0.3) is 0 Å². The zero-order chi connectivity index (χ0) is 8.65. The van der Waals surface area contributed by atoms with Crippen LogP contribution in [0.5, 0.6) is 0 Å². The minimum Gasteiger partial charge on any atom is -0.0623 e. The Bertz CT molecular complexity index is 241. The van der Waals surface area contributed by atoms with Crippen LogP contribution in [0.4, 0.5) is 0 Å². The molecule has 0 nitrogen and oxygen atoms in total. The number of benzene rings is 1. The first kappa shape index (κ1) is 16.4. The molecule has 0 unspecified atom stereocenters. The summed E-state index contributed by atoms with van der Waals surface area (Å²) in [4.78, 5) is 0. The van der Waals surface area contributed by atoms with Gasteiger partial charge in [0.15, 0.2) is 0 Å². The Hall–Kier alpha value is -0.00571. The van der Waals surface area contributed by atoms with Crippen molar-refractivity contribution in [3.05, 3.63) is 58.5 Å². The molecule has 1 aliphatic carbocycles. The normalized spacial score (nSPS) is 11.4. The Morgan fingerprint density at radius 3 is 1.43 bits per heavy atom. The third kappa shape index (κ3) is 8.59. The average molecular weight is 262 g/mol. The average Bonchev–Trinajstić information content (AvgIpc) is 2.60. The van der Waals surface area contributed by atoms with Crippen molar-refractivity contribution in [1.82, 2.24) is 0 Å². The van der Waals surface area contributed by atoms with Crippen molar-refractivity contribution in [3.8, 4) is 0 Å². The van der Waals surface area contributed by atoms with E-state index < -0.39 is 0 Å². The van der Waals surface area contributed by atoms with E-state index in [1.807, 2.05) is 36.4 Å². The predicted molar refractivity (Wildman–Crippen MR) is 48.3 cm³/mol. The van der Waals surface area contributed by atoms with Gasteiger partial charge in [-0.2, -0.15) is 0 Å². The van der Waals surface area contributed by atoms with Gasteiger partial charge in [-0.1, -0.05) is 36.4 Å². The summed E-state index contributed by atoms with van der Waals surface area (Å²) in [6.07, 6.45) is 7.56. The van der Waals surface area contributed by atoms with E-state index in [4.69, 9.17) is 0 Å². The number of allylic oxidation sites excluding steroid dienone is 4. The fourth-order valence-electron chi connectivity index (χ4n) is 0.832. The number of halogens is 2. The Morgan fingerprint density at radius 2 is 1.29 bits per heavy atom. The minimum atomic E-state index is 0. The summed E-state index contributed by atoms with van der Waals surface area (Å²) in [6.45, 7) is 0. The second-order valence-corrected chi connectivity index (χ2v) is 3.48. The van der Waals surface area contributed by atoms with Crippen LogP contribution in [0.3, 0.4) is 0 Å². The van der Waals surface area contributed by atoms with Gasteiger partial charge in [0.1, 0.15) is 0 Å². The van der Waals surface area contributed by atoms with Gasteiger partial charge in [-0.05, 0) is 0 Å². The molecule has 0 aromatic heterocycles. The topological polar surface area (TPSA) is 0 Å². The third-order valence-corrected chi connectivity index (χ3v) is 2.02. The molecule has 0 amide bonds. The van der Waals surface area contributed by atoms with Crippen molar-refractivity contribution in [3.63, 3.8) is 0 Å². The fraction of sp³-hybridized carbons (Fsp3) is 0.0909. The summed E-state index contributed by atoms with van der Waals surface area (Å²) in [5.41, 5.74) is 0. The van der Waals surface area contributed by atoms with Gasteiger partial charge in [0, 0.05) is 0 Å². The molecule has 0 N–H and O–H groups in total. The summed E-state index contributed by atoms with van der Waals surface area (Å²) in [5, 5.41) is 0. The molecule has 0 spiro atoms. The summed E-state index contributed by atoms with van der Waals surface area (Å²) in [7, 11) is 0. The van der Waals surface area contributed by atoms with E-state index in [-0.39, 0.29) is 24.8 Å². The Labute approximate surface area is 110 Å². The molecule has 14 heavy (non-hydrogen) atoms. The van der Waals surface area contributed by atoms with Gasteiger partial charge in [-0.15, -0.1) is 0 Å². The molecule has 1 aromatic carbocycles. The van der Waals surface area contributed by atoms with Crippen LogP contribution >= 0.6 is 0 Å². The molecule has 0 radical (unpaired) electrons. The van der Waals surface area contributed by atoms with Crippen LogP contribution in [0.2, 0.25) is 0 Å². The Balaban J connectivity index is 0. The van der Waals surface area contributed by atoms with Crippen LogP contribution in [-0.4, -0.2) is 0 Å². The first-order valence-corrected chi connectivity index (χ1v) is 4.75. The molecular weight excluding hydrogens is 251 g/mol. The van der Waals surface area contributed by atoms with E-state index in [0.29, 0.717) is 0 Å². The zero-order valence-electron chi connectivity index (χ0n) is 7.66. The van der Waals surface area contributed by atoms with Crippen LogP contribution in [0.1, 0.15) is 6.42 Å². The van der Waals surface area contributed by atoms with Crippen molar-refractivity contribution in [1.29, 1.82) is 0 Å². The van der Waals surface area contributed by atoms with Crippen LogP contribution in [-0.2, 0) is 20.4 Å². The standard InChI is InChI=1S/C6H6.C5H5.2ClH.Ti/c1-2-4-6-5-3-1;1-2-4-5-3-1;;;/h1-6H;1-3H,4H2;2*1H;/q;;;;+2/p-2. The molecule has 1 aromatic rings.